The van der Waals surface area contributed by atoms with Crippen LogP contribution in [0.5, 0.6) is 5.88 Å². The van der Waals surface area contributed by atoms with Crippen molar-refractivity contribution in [2.24, 2.45) is 0 Å². The molecule has 0 aromatic carbocycles. The van der Waals surface area contributed by atoms with Crippen LogP contribution in [0.2, 0.25) is 0 Å². The van der Waals surface area contributed by atoms with Crippen molar-refractivity contribution in [2.45, 2.75) is 31.5 Å². The molecule has 1 unspecified atom stereocenters. The van der Waals surface area contributed by atoms with Crippen LogP contribution >= 0.6 is 15.9 Å². The van der Waals surface area contributed by atoms with Crippen molar-refractivity contribution in [3.63, 3.8) is 0 Å². The number of nitrogens with zero attached hydrogens (tertiary/aromatic N) is 3. The molecule has 0 N–H and O–H groups in total. The van der Waals surface area contributed by atoms with Crippen LogP contribution in [0.1, 0.15) is 25.5 Å². The highest BCUT2D eigenvalue weighted by Crippen LogP contribution is 2.22. The molecule has 1 aromatic rings. The molecular formula is C12H18BrN3O. The Kier molecular flexibility index (Phi) is 4.20. The lowest BCUT2D eigenvalue weighted by Gasteiger charge is -2.30. The molecule has 0 amide bonds. The molecule has 1 saturated heterocycles. The van der Waals surface area contributed by atoms with E-state index in [0.29, 0.717) is 17.3 Å². The van der Waals surface area contributed by atoms with Crippen molar-refractivity contribution >= 4 is 21.9 Å². The highest BCUT2D eigenvalue weighted by Gasteiger charge is 2.20. The Morgan fingerprint density at radius 2 is 2.35 bits per heavy atom. The molecule has 0 spiro atoms. The fraction of sp³-hybridized carbons (Fsp3) is 0.667. The quantitative estimate of drug-likeness (QED) is 0.804. The Bertz CT molecular complexity index is 386. The lowest BCUT2D eigenvalue weighted by Crippen LogP contribution is -2.37. The number of halogens is 1. The number of aryl methyl sites for hydroxylation is 1. The van der Waals surface area contributed by atoms with E-state index in [1.54, 1.807) is 0 Å². The number of piperidine rings is 1. The van der Waals surface area contributed by atoms with Gasteiger partial charge in [0.05, 0.1) is 6.61 Å². The number of hydrogen-bond acceptors (Lipinski definition) is 4. The van der Waals surface area contributed by atoms with Crippen LogP contribution in [0.4, 0.5) is 5.95 Å². The first-order valence-electron chi connectivity index (χ1n) is 6.06. The zero-order valence-electron chi connectivity index (χ0n) is 10.3. The van der Waals surface area contributed by atoms with E-state index < -0.39 is 0 Å². The second-order valence-corrected chi connectivity index (χ2v) is 5.56. The van der Waals surface area contributed by atoms with Crippen molar-refractivity contribution in [3.05, 3.63) is 11.8 Å². The summed E-state index contributed by atoms with van der Waals surface area (Å²) in [6.45, 7) is 6.57. The fourth-order valence-corrected chi connectivity index (χ4v) is 2.67. The summed E-state index contributed by atoms with van der Waals surface area (Å²) in [7, 11) is 0. The summed E-state index contributed by atoms with van der Waals surface area (Å²) in [4.78, 5) is 11.7. The second-order valence-electron chi connectivity index (χ2n) is 4.27. The standard InChI is InChI=1S/C12H18BrN3O/c1-3-17-11-7-9(2)14-12(15-11)16-6-4-5-10(13)8-16/h7,10H,3-6,8H2,1-2H3. The van der Waals surface area contributed by atoms with Crippen molar-refractivity contribution in [2.75, 3.05) is 24.6 Å². The summed E-state index contributed by atoms with van der Waals surface area (Å²) in [5.74, 6) is 1.46. The molecule has 0 saturated carbocycles. The molecule has 0 radical (unpaired) electrons. The van der Waals surface area contributed by atoms with Gasteiger partial charge in [0.2, 0.25) is 11.8 Å². The van der Waals surface area contributed by atoms with Crippen LogP contribution in [0, 0.1) is 6.92 Å². The predicted molar refractivity (Wildman–Crippen MR) is 72.1 cm³/mol. The molecule has 0 bridgehead atoms. The largest absolute Gasteiger partial charge is 0.478 e. The van der Waals surface area contributed by atoms with Gasteiger partial charge >= 0.3 is 0 Å². The third-order valence-electron chi connectivity index (χ3n) is 2.76. The molecule has 4 nitrogen and oxygen atoms in total. The Morgan fingerprint density at radius 1 is 1.53 bits per heavy atom. The number of rotatable bonds is 3. The topological polar surface area (TPSA) is 38.2 Å². The molecule has 94 valence electrons. The molecule has 1 aliphatic heterocycles. The van der Waals surface area contributed by atoms with Gasteiger partial charge in [-0.3, -0.25) is 0 Å². The minimum atomic E-state index is 0.538. The minimum absolute atomic E-state index is 0.538. The molecule has 1 fully saturated rings. The van der Waals surface area contributed by atoms with Crippen LogP contribution in [0.25, 0.3) is 0 Å². The van der Waals surface area contributed by atoms with E-state index in [-0.39, 0.29) is 0 Å². The fourth-order valence-electron chi connectivity index (χ4n) is 1.99. The Labute approximate surface area is 111 Å². The number of hydrogen-bond donors (Lipinski definition) is 0. The molecule has 1 aromatic heterocycles. The third kappa shape index (κ3) is 3.31. The van der Waals surface area contributed by atoms with Gasteiger partial charge in [0.1, 0.15) is 0 Å². The summed E-state index contributed by atoms with van der Waals surface area (Å²) < 4.78 is 5.46. The molecular weight excluding hydrogens is 282 g/mol. The average Bonchev–Trinajstić information content (AvgIpc) is 2.28. The van der Waals surface area contributed by atoms with Crippen LogP contribution in [0.3, 0.4) is 0 Å². The van der Waals surface area contributed by atoms with E-state index in [0.717, 1.165) is 24.7 Å². The van der Waals surface area contributed by atoms with Crippen LogP contribution < -0.4 is 9.64 Å². The van der Waals surface area contributed by atoms with Crippen molar-refractivity contribution < 1.29 is 4.74 Å². The van der Waals surface area contributed by atoms with Gasteiger partial charge in [0.25, 0.3) is 0 Å². The number of alkyl halides is 1. The summed E-state index contributed by atoms with van der Waals surface area (Å²) in [6.07, 6.45) is 2.40. The summed E-state index contributed by atoms with van der Waals surface area (Å²) in [5.41, 5.74) is 0.954. The van der Waals surface area contributed by atoms with Gasteiger partial charge in [-0.2, -0.15) is 4.98 Å². The maximum Gasteiger partial charge on any atom is 0.228 e. The summed E-state index contributed by atoms with van der Waals surface area (Å²) >= 11 is 3.67. The van der Waals surface area contributed by atoms with Crippen molar-refractivity contribution in [1.82, 2.24) is 9.97 Å². The Morgan fingerprint density at radius 3 is 3.06 bits per heavy atom. The Hall–Kier alpha value is -0.840. The van der Waals surface area contributed by atoms with Crippen LogP contribution in [0.15, 0.2) is 6.07 Å². The van der Waals surface area contributed by atoms with E-state index in [1.807, 2.05) is 19.9 Å². The number of anilines is 1. The zero-order chi connectivity index (χ0) is 12.3. The summed E-state index contributed by atoms with van der Waals surface area (Å²) in [6, 6.07) is 1.88. The van der Waals surface area contributed by atoms with Crippen molar-refractivity contribution in [3.8, 4) is 5.88 Å². The highest BCUT2D eigenvalue weighted by atomic mass is 79.9. The lowest BCUT2D eigenvalue weighted by atomic mass is 10.1. The molecule has 1 aliphatic rings. The van der Waals surface area contributed by atoms with E-state index in [9.17, 15) is 0 Å². The first-order valence-corrected chi connectivity index (χ1v) is 6.98. The highest BCUT2D eigenvalue weighted by molar-refractivity contribution is 9.09. The van der Waals surface area contributed by atoms with Gasteiger partial charge in [0, 0.05) is 29.7 Å². The van der Waals surface area contributed by atoms with E-state index in [2.05, 4.69) is 30.8 Å². The van der Waals surface area contributed by atoms with Crippen molar-refractivity contribution in [1.29, 1.82) is 0 Å². The molecule has 1 atom stereocenters. The van der Waals surface area contributed by atoms with Crippen LogP contribution in [-0.2, 0) is 0 Å². The SMILES string of the molecule is CCOc1cc(C)nc(N2CCCC(Br)C2)n1. The summed E-state index contributed by atoms with van der Waals surface area (Å²) in [5, 5.41) is 0. The van der Waals surface area contributed by atoms with Gasteiger partial charge in [-0.15, -0.1) is 0 Å². The van der Waals surface area contributed by atoms with Gasteiger partial charge < -0.3 is 9.64 Å². The normalized spacial score (nSPS) is 20.4. The van der Waals surface area contributed by atoms with E-state index in [4.69, 9.17) is 4.74 Å². The monoisotopic (exact) mass is 299 g/mol. The number of ether oxygens (including phenoxy) is 1. The number of aromatic nitrogens is 2. The third-order valence-corrected chi connectivity index (χ3v) is 3.51. The van der Waals surface area contributed by atoms with Gasteiger partial charge in [0.15, 0.2) is 0 Å². The molecule has 2 heterocycles. The van der Waals surface area contributed by atoms with Gasteiger partial charge in [-0.05, 0) is 26.7 Å². The van der Waals surface area contributed by atoms with E-state index >= 15 is 0 Å². The van der Waals surface area contributed by atoms with Gasteiger partial charge in [-0.25, -0.2) is 4.98 Å². The van der Waals surface area contributed by atoms with E-state index in [1.165, 1.54) is 12.8 Å². The smallest absolute Gasteiger partial charge is 0.228 e. The maximum atomic E-state index is 5.46. The van der Waals surface area contributed by atoms with Gasteiger partial charge in [-0.1, -0.05) is 15.9 Å². The molecule has 0 aliphatic carbocycles. The first-order chi connectivity index (χ1) is 8.19. The molecule has 17 heavy (non-hydrogen) atoms. The second kappa shape index (κ2) is 5.67. The average molecular weight is 300 g/mol. The Balaban J connectivity index is 2.18. The molecule has 5 heteroatoms. The predicted octanol–water partition coefficient (Wildman–Crippen LogP) is 2.55. The zero-order valence-corrected chi connectivity index (χ0v) is 11.9. The maximum absolute atomic E-state index is 5.46. The lowest BCUT2D eigenvalue weighted by molar-refractivity contribution is 0.325. The first kappa shape index (κ1) is 12.6. The van der Waals surface area contributed by atoms with Crippen LogP contribution in [-0.4, -0.2) is 34.5 Å². The minimum Gasteiger partial charge on any atom is -0.478 e. The molecule has 2 rings (SSSR count).